The van der Waals surface area contributed by atoms with Crippen LogP contribution in [0.15, 0.2) is 17.5 Å². The van der Waals surface area contributed by atoms with Gasteiger partial charge < -0.3 is 4.74 Å². The first-order valence-electron chi connectivity index (χ1n) is 5.36. The lowest BCUT2D eigenvalue weighted by molar-refractivity contribution is 0.0474. The highest BCUT2D eigenvalue weighted by Crippen LogP contribution is 2.17. The standard InChI is InChI=1S/C12H13NO2S2/c1-3-11-13-9(7-16-11)6-15-12(14)10-5-4-8(2)17-10/h4-5,7H,3,6H2,1-2H3. The van der Waals surface area contributed by atoms with Gasteiger partial charge in [0.1, 0.15) is 11.5 Å². The summed E-state index contributed by atoms with van der Waals surface area (Å²) in [5.41, 5.74) is 0.827. The molecule has 0 atom stereocenters. The number of thiazole rings is 1. The number of rotatable bonds is 4. The number of thiophene rings is 1. The lowest BCUT2D eigenvalue weighted by Crippen LogP contribution is -2.03. The van der Waals surface area contributed by atoms with E-state index in [4.69, 9.17) is 4.74 Å². The van der Waals surface area contributed by atoms with Gasteiger partial charge in [-0.1, -0.05) is 6.92 Å². The van der Waals surface area contributed by atoms with E-state index >= 15 is 0 Å². The molecule has 0 unspecified atom stereocenters. The first kappa shape index (κ1) is 12.3. The van der Waals surface area contributed by atoms with E-state index in [-0.39, 0.29) is 12.6 Å². The Balaban J connectivity index is 1.92. The molecule has 0 fully saturated rings. The number of aryl methyl sites for hydroxylation is 2. The molecule has 0 bridgehead atoms. The monoisotopic (exact) mass is 267 g/mol. The molecule has 0 amide bonds. The second kappa shape index (κ2) is 5.42. The number of hydrogen-bond acceptors (Lipinski definition) is 5. The predicted molar refractivity (Wildman–Crippen MR) is 69.7 cm³/mol. The third kappa shape index (κ3) is 3.14. The van der Waals surface area contributed by atoms with Crippen molar-refractivity contribution in [2.75, 3.05) is 0 Å². The van der Waals surface area contributed by atoms with Crippen LogP contribution >= 0.6 is 22.7 Å². The Labute approximate surface area is 108 Å². The van der Waals surface area contributed by atoms with E-state index in [9.17, 15) is 4.79 Å². The maximum Gasteiger partial charge on any atom is 0.348 e. The Morgan fingerprint density at radius 1 is 1.47 bits per heavy atom. The van der Waals surface area contributed by atoms with E-state index in [2.05, 4.69) is 11.9 Å². The van der Waals surface area contributed by atoms with E-state index in [1.54, 1.807) is 17.4 Å². The van der Waals surface area contributed by atoms with Crippen molar-refractivity contribution in [2.45, 2.75) is 26.9 Å². The Bertz CT molecular complexity index is 516. The van der Waals surface area contributed by atoms with Crippen LogP contribution in [-0.4, -0.2) is 11.0 Å². The first-order chi connectivity index (χ1) is 8.19. The van der Waals surface area contributed by atoms with Gasteiger partial charge in [0.15, 0.2) is 0 Å². The second-order valence-electron chi connectivity index (χ2n) is 3.57. The summed E-state index contributed by atoms with van der Waals surface area (Å²) in [6.45, 7) is 4.28. The third-order valence-corrected chi connectivity index (χ3v) is 4.22. The molecule has 0 aliphatic rings. The number of carbonyl (C=O) groups is 1. The quantitative estimate of drug-likeness (QED) is 0.797. The molecule has 90 valence electrons. The van der Waals surface area contributed by atoms with Gasteiger partial charge in [0.05, 0.1) is 10.7 Å². The van der Waals surface area contributed by atoms with Crippen LogP contribution in [0.1, 0.15) is 32.2 Å². The van der Waals surface area contributed by atoms with Gasteiger partial charge in [0.25, 0.3) is 0 Å². The molecule has 3 nitrogen and oxygen atoms in total. The van der Waals surface area contributed by atoms with Crippen LogP contribution in [0.2, 0.25) is 0 Å². The molecule has 0 spiro atoms. The number of nitrogens with zero attached hydrogens (tertiary/aromatic N) is 1. The molecule has 0 radical (unpaired) electrons. The van der Waals surface area contributed by atoms with Crippen LogP contribution in [0, 0.1) is 6.92 Å². The fourth-order valence-corrected chi connectivity index (χ4v) is 2.82. The van der Waals surface area contributed by atoms with Crippen LogP contribution in [0.3, 0.4) is 0 Å². The van der Waals surface area contributed by atoms with Gasteiger partial charge in [-0.3, -0.25) is 0 Å². The fourth-order valence-electron chi connectivity index (χ4n) is 1.33. The minimum Gasteiger partial charge on any atom is -0.455 e. The SMILES string of the molecule is CCc1nc(COC(=O)c2ccc(C)s2)cs1. The van der Waals surface area contributed by atoms with Crippen molar-refractivity contribution >= 4 is 28.6 Å². The minimum absolute atomic E-state index is 0.256. The number of aromatic nitrogens is 1. The van der Waals surface area contributed by atoms with Gasteiger partial charge in [-0.2, -0.15) is 0 Å². The minimum atomic E-state index is -0.269. The number of hydrogen-bond donors (Lipinski definition) is 0. The molecule has 0 aromatic carbocycles. The average Bonchev–Trinajstić information content (AvgIpc) is 2.94. The molecule has 2 rings (SSSR count). The number of carbonyl (C=O) groups excluding carboxylic acids is 1. The molecular weight excluding hydrogens is 254 g/mol. The molecule has 2 aromatic rings. The van der Waals surface area contributed by atoms with Crippen molar-refractivity contribution in [2.24, 2.45) is 0 Å². The largest absolute Gasteiger partial charge is 0.455 e. The fraction of sp³-hybridized carbons (Fsp3) is 0.333. The Morgan fingerprint density at radius 3 is 2.88 bits per heavy atom. The van der Waals surface area contributed by atoms with Crippen LogP contribution in [-0.2, 0) is 17.8 Å². The molecule has 0 aliphatic heterocycles. The summed E-state index contributed by atoms with van der Waals surface area (Å²) in [5, 5.41) is 3.01. The smallest absolute Gasteiger partial charge is 0.348 e. The van der Waals surface area contributed by atoms with Crippen molar-refractivity contribution in [1.82, 2.24) is 4.98 Å². The van der Waals surface area contributed by atoms with Gasteiger partial charge in [-0.25, -0.2) is 9.78 Å². The summed E-state index contributed by atoms with van der Waals surface area (Å²) in [7, 11) is 0. The van der Waals surface area contributed by atoms with Crippen LogP contribution in [0.4, 0.5) is 0 Å². The van der Waals surface area contributed by atoms with Gasteiger partial charge in [-0.15, -0.1) is 22.7 Å². The second-order valence-corrected chi connectivity index (χ2v) is 5.80. The van der Waals surface area contributed by atoms with Gasteiger partial charge in [-0.05, 0) is 25.5 Å². The first-order valence-corrected chi connectivity index (χ1v) is 7.05. The highest BCUT2D eigenvalue weighted by atomic mass is 32.1. The molecule has 5 heteroatoms. The highest BCUT2D eigenvalue weighted by molar-refractivity contribution is 7.13. The lowest BCUT2D eigenvalue weighted by atomic mass is 10.4. The topological polar surface area (TPSA) is 39.2 Å². The molecule has 0 saturated heterocycles. The number of ether oxygens (including phenoxy) is 1. The number of esters is 1. The summed E-state index contributed by atoms with van der Waals surface area (Å²) in [4.78, 5) is 17.8. The lowest BCUT2D eigenvalue weighted by Gasteiger charge is -1.99. The highest BCUT2D eigenvalue weighted by Gasteiger charge is 2.10. The zero-order valence-corrected chi connectivity index (χ0v) is 11.4. The van der Waals surface area contributed by atoms with E-state index in [0.717, 1.165) is 22.0 Å². The van der Waals surface area contributed by atoms with Crippen molar-refractivity contribution in [3.8, 4) is 0 Å². The predicted octanol–water partition coefficient (Wildman–Crippen LogP) is 3.43. The summed E-state index contributed by atoms with van der Waals surface area (Å²) in [5.74, 6) is -0.269. The summed E-state index contributed by atoms with van der Waals surface area (Å²) < 4.78 is 5.20. The van der Waals surface area contributed by atoms with E-state index in [1.807, 2.05) is 18.4 Å². The summed E-state index contributed by atoms with van der Waals surface area (Å²) in [6, 6.07) is 3.71. The Morgan fingerprint density at radius 2 is 2.29 bits per heavy atom. The van der Waals surface area contributed by atoms with Crippen LogP contribution in [0.25, 0.3) is 0 Å². The van der Waals surface area contributed by atoms with Gasteiger partial charge >= 0.3 is 5.97 Å². The summed E-state index contributed by atoms with van der Waals surface area (Å²) >= 11 is 3.05. The normalized spacial score (nSPS) is 10.5. The average molecular weight is 267 g/mol. The van der Waals surface area contributed by atoms with Crippen molar-refractivity contribution < 1.29 is 9.53 Å². The third-order valence-electron chi connectivity index (χ3n) is 2.19. The molecule has 0 saturated carbocycles. The van der Waals surface area contributed by atoms with E-state index < -0.39 is 0 Å². The molecule has 2 heterocycles. The van der Waals surface area contributed by atoms with Crippen molar-refractivity contribution in [3.05, 3.63) is 38.0 Å². The zero-order chi connectivity index (χ0) is 12.3. The molecule has 0 aliphatic carbocycles. The zero-order valence-electron chi connectivity index (χ0n) is 9.73. The van der Waals surface area contributed by atoms with Crippen LogP contribution < -0.4 is 0 Å². The Kier molecular flexibility index (Phi) is 3.91. The molecule has 17 heavy (non-hydrogen) atoms. The van der Waals surface area contributed by atoms with Gasteiger partial charge in [0.2, 0.25) is 0 Å². The van der Waals surface area contributed by atoms with Crippen molar-refractivity contribution in [1.29, 1.82) is 0 Å². The van der Waals surface area contributed by atoms with E-state index in [0.29, 0.717) is 4.88 Å². The van der Waals surface area contributed by atoms with E-state index in [1.165, 1.54) is 11.3 Å². The van der Waals surface area contributed by atoms with Gasteiger partial charge in [0, 0.05) is 10.3 Å². The Hall–Kier alpha value is -1.20. The van der Waals surface area contributed by atoms with Crippen LogP contribution in [0.5, 0.6) is 0 Å². The molecule has 2 aromatic heterocycles. The maximum absolute atomic E-state index is 11.7. The van der Waals surface area contributed by atoms with Crippen molar-refractivity contribution in [3.63, 3.8) is 0 Å². The maximum atomic E-state index is 11.7. The summed E-state index contributed by atoms with van der Waals surface area (Å²) in [6.07, 6.45) is 0.919. The molecular formula is C12H13NO2S2. The molecule has 0 N–H and O–H groups in total.